The minimum atomic E-state index is -0.573. The standard InChI is InChI=1S/C13H13Cl2N5O3/c1-23-6-5-16-12-11(20(21)22)13(18-7-17-12)19-9-4-2-3-8(14)10(9)15/h2-4,7H,5-6H2,1H3,(H2,16,17,18,19). The first kappa shape index (κ1) is 17.2. The average molecular weight is 358 g/mol. The zero-order valence-electron chi connectivity index (χ0n) is 12.0. The number of benzene rings is 1. The van der Waals surface area contributed by atoms with Crippen molar-refractivity contribution in [2.24, 2.45) is 0 Å². The highest BCUT2D eigenvalue weighted by molar-refractivity contribution is 6.43. The van der Waals surface area contributed by atoms with Crippen LogP contribution in [0.2, 0.25) is 10.0 Å². The molecule has 0 aliphatic rings. The molecule has 0 bridgehead atoms. The van der Waals surface area contributed by atoms with Crippen LogP contribution in [0.4, 0.5) is 23.0 Å². The molecule has 0 saturated carbocycles. The second-order valence-corrected chi connectivity index (χ2v) is 5.11. The zero-order valence-corrected chi connectivity index (χ0v) is 13.6. The summed E-state index contributed by atoms with van der Waals surface area (Å²) in [4.78, 5) is 18.6. The van der Waals surface area contributed by atoms with E-state index in [2.05, 4.69) is 20.6 Å². The summed E-state index contributed by atoms with van der Waals surface area (Å²) in [5.41, 5.74) is 0.114. The van der Waals surface area contributed by atoms with Crippen LogP contribution in [0.5, 0.6) is 0 Å². The van der Waals surface area contributed by atoms with Gasteiger partial charge in [0.25, 0.3) is 0 Å². The molecule has 23 heavy (non-hydrogen) atoms. The molecular weight excluding hydrogens is 345 g/mol. The monoisotopic (exact) mass is 357 g/mol. The Bertz CT molecular complexity index is 714. The fourth-order valence-corrected chi connectivity index (χ4v) is 2.12. The first-order chi connectivity index (χ1) is 11.0. The maximum atomic E-state index is 11.4. The minimum absolute atomic E-state index is 0.00841. The van der Waals surface area contributed by atoms with Gasteiger partial charge in [-0.05, 0) is 12.1 Å². The van der Waals surface area contributed by atoms with Crippen LogP contribution >= 0.6 is 23.2 Å². The summed E-state index contributed by atoms with van der Waals surface area (Å²) < 4.78 is 4.90. The Morgan fingerprint density at radius 2 is 2.04 bits per heavy atom. The van der Waals surface area contributed by atoms with Crippen LogP contribution in [-0.2, 0) is 4.74 Å². The molecule has 8 nitrogen and oxygen atoms in total. The third kappa shape index (κ3) is 4.19. The summed E-state index contributed by atoms with van der Waals surface area (Å²) in [5, 5.41) is 17.6. The molecule has 0 aliphatic heterocycles. The minimum Gasteiger partial charge on any atom is -0.383 e. The van der Waals surface area contributed by atoms with Gasteiger partial charge in [-0.15, -0.1) is 0 Å². The molecule has 0 atom stereocenters. The number of anilines is 3. The first-order valence-electron chi connectivity index (χ1n) is 6.47. The van der Waals surface area contributed by atoms with Gasteiger partial charge < -0.3 is 15.4 Å². The molecule has 122 valence electrons. The number of ether oxygens (including phenoxy) is 1. The molecule has 2 N–H and O–H groups in total. The van der Waals surface area contributed by atoms with Crippen molar-refractivity contribution >= 4 is 46.2 Å². The topological polar surface area (TPSA) is 102 Å². The maximum Gasteiger partial charge on any atom is 0.353 e. The number of nitrogens with one attached hydrogen (secondary N) is 2. The van der Waals surface area contributed by atoms with Gasteiger partial charge in [-0.3, -0.25) is 10.1 Å². The second kappa shape index (κ2) is 7.91. The molecule has 2 aromatic rings. The Labute approximate surface area is 141 Å². The Morgan fingerprint density at radius 1 is 1.30 bits per heavy atom. The van der Waals surface area contributed by atoms with Crippen molar-refractivity contribution in [2.45, 2.75) is 0 Å². The molecule has 0 radical (unpaired) electrons. The fourth-order valence-electron chi connectivity index (χ4n) is 1.77. The predicted molar refractivity (Wildman–Crippen MR) is 88.8 cm³/mol. The summed E-state index contributed by atoms with van der Waals surface area (Å²) in [6.45, 7) is 0.746. The van der Waals surface area contributed by atoms with Crippen LogP contribution in [0.15, 0.2) is 24.5 Å². The number of nitro groups is 1. The molecule has 0 aliphatic carbocycles. The lowest BCUT2D eigenvalue weighted by Crippen LogP contribution is -2.12. The smallest absolute Gasteiger partial charge is 0.353 e. The molecule has 1 heterocycles. The van der Waals surface area contributed by atoms with E-state index >= 15 is 0 Å². The molecule has 1 aromatic carbocycles. The third-order valence-electron chi connectivity index (χ3n) is 2.81. The molecule has 0 saturated heterocycles. The molecule has 1 aromatic heterocycles. The Kier molecular flexibility index (Phi) is 5.91. The molecule has 0 spiro atoms. The van der Waals surface area contributed by atoms with Crippen molar-refractivity contribution in [3.05, 3.63) is 44.7 Å². The van der Waals surface area contributed by atoms with Crippen molar-refractivity contribution in [3.8, 4) is 0 Å². The Hall–Kier alpha value is -2.16. The number of hydrogen-bond donors (Lipinski definition) is 2. The highest BCUT2D eigenvalue weighted by Gasteiger charge is 2.23. The van der Waals surface area contributed by atoms with Gasteiger partial charge >= 0.3 is 5.69 Å². The lowest BCUT2D eigenvalue weighted by atomic mass is 10.3. The van der Waals surface area contributed by atoms with Gasteiger partial charge in [-0.2, -0.15) is 0 Å². The molecule has 0 amide bonds. The lowest BCUT2D eigenvalue weighted by molar-refractivity contribution is -0.383. The van der Waals surface area contributed by atoms with E-state index in [1.165, 1.54) is 13.4 Å². The van der Waals surface area contributed by atoms with Crippen molar-refractivity contribution in [3.63, 3.8) is 0 Å². The number of methoxy groups -OCH3 is 1. The first-order valence-corrected chi connectivity index (χ1v) is 7.23. The number of nitrogens with zero attached hydrogens (tertiary/aromatic N) is 3. The number of hydrogen-bond acceptors (Lipinski definition) is 7. The normalized spacial score (nSPS) is 10.4. The molecule has 2 rings (SSSR count). The highest BCUT2D eigenvalue weighted by Crippen LogP contribution is 2.35. The van der Waals surface area contributed by atoms with E-state index in [1.807, 2.05) is 0 Å². The summed E-state index contributed by atoms with van der Waals surface area (Å²) in [6, 6.07) is 4.92. The van der Waals surface area contributed by atoms with Crippen LogP contribution in [-0.4, -0.2) is 35.2 Å². The van der Waals surface area contributed by atoms with Gasteiger partial charge in [-0.25, -0.2) is 9.97 Å². The fraction of sp³-hybridized carbons (Fsp3) is 0.231. The number of rotatable bonds is 7. The van der Waals surface area contributed by atoms with Gasteiger partial charge in [0, 0.05) is 13.7 Å². The maximum absolute atomic E-state index is 11.4. The number of halogens is 2. The molecule has 0 fully saturated rings. The van der Waals surface area contributed by atoms with E-state index in [-0.39, 0.29) is 22.3 Å². The van der Waals surface area contributed by atoms with E-state index in [0.29, 0.717) is 23.9 Å². The SMILES string of the molecule is COCCNc1ncnc(Nc2cccc(Cl)c2Cl)c1[N+](=O)[O-]. The van der Waals surface area contributed by atoms with Crippen molar-refractivity contribution in [1.82, 2.24) is 9.97 Å². The molecule has 10 heteroatoms. The van der Waals surface area contributed by atoms with E-state index in [0.717, 1.165) is 0 Å². The van der Waals surface area contributed by atoms with Gasteiger partial charge in [0.05, 0.1) is 27.3 Å². The lowest BCUT2D eigenvalue weighted by Gasteiger charge is -2.11. The molecule has 0 unspecified atom stereocenters. The summed E-state index contributed by atoms with van der Waals surface area (Å²) in [5.74, 6) is 0.0942. The van der Waals surface area contributed by atoms with Crippen LogP contribution in [0.25, 0.3) is 0 Å². The zero-order chi connectivity index (χ0) is 16.8. The van der Waals surface area contributed by atoms with E-state index < -0.39 is 4.92 Å². The third-order valence-corrected chi connectivity index (χ3v) is 3.63. The van der Waals surface area contributed by atoms with Crippen LogP contribution in [0.1, 0.15) is 0 Å². The van der Waals surface area contributed by atoms with Crippen molar-refractivity contribution in [1.29, 1.82) is 0 Å². The van der Waals surface area contributed by atoms with Crippen LogP contribution in [0.3, 0.4) is 0 Å². The number of aromatic nitrogens is 2. The van der Waals surface area contributed by atoms with Crippen molar-refractivity contribution < 1.29 is 9.66 Å². The average Bonchev–Trinajstić information content (AvgIpc) is 2.52. The van der Waals surface area contributed by atoms with Gasteiger partial charge in [0.2, 0.25) is 11.6 Å². The second-order valence-electron chi connectivity index (χ2n) is 4.32. The van der Waals surface area contributed by atoms with Gasteiger partial charge in [0.15, 0.2) is 0 Å². The predicted octanol–water partition coefficient (Wildman–Crippen LogP) is 3.49. The van der Waals surface area contributed by atoms with E-state index in [4.69, 9.17) is 27.9 Å². The van der Waals surface area contributed by atoms with Crippen molar-refractivity contribution in [2.75, 3.05) is 30.9 Å². The quantitative estimate of drug-likeness (QED) is 0.444. The molecular formula is C13H13Cl2N5O3. The Balaban J connectivity index is 2.36. The summed E-state index contributed by atoms with van der Waals surface area (Å²) in [7, 11) is 1.53. The van der Waals surface area contributed by atoms with Crippen LogP contribution in [0, 0.1) is 10.1 Å². The summed E-state index contributed by atoms with van der Waals surface area (Å²) >= 11 is 12.0. The van der Waals surface area contributed by atoms with E-state index in [1.54, 1.807) is 18.2 Å². The van der Waals surface area contributed by atoms with E-state index in [9.17, 15) is 10.1 Å². The summed E-state index contributed by atoms with van der Waals surface area (Å²) in [6.07, 6.45) is 1.21. The van der Waals surface area contributed by atoms with Crippen LogP contribution < -0.4 is 10.6 Å². The largest absolute Gasteiger partial charge is 0.383 e. The Morgan fingerprint density at radius 3 is 2.74 bits per heavy atom. The van der Waals surface area contributed by atoms with Gasteiger partial charge in [-0.1, -0.05) is 29.3 Å². The van der Waals surface area contributed by atoms with Gasteiger partial charge in [0.1, 0.15) is 6.33 Å². The highest BCUT2D eigenvalue weighted by atomic mass is 35.5.